The lowest BCUT2D eigenvalue weighted by Crippen LogP contribution is -2.25. The van der Waals surface area contributed by atoms with Crippen LogP contribution in [0.3, 0.4) is 0 Å². The Bertz CT molecular complexity index is 681. The van der Waals surface area contributed by atoms with Gasteiger partial charge in [-0.2, -0.15) is 5.26 Å². The SMILES string of the molecule is C=C(C)c1ccc(C(=O)N(C#N)Cc2ccccc2)cc1. The third-order valence-corrected chi connectivity index (χ3v) is 3.17. The van der Waals surface area contributed by atoms with Crippen molar-refractivity contribution in [3.05, 3.63) is 77.9 Å². The van der Waals surface area contributed by atoms with Crippen LogP contribution in [0.1, 0.15) is 28.4 Å². The van der Waals surface area contributed by atoms with Gasteiger partial charge in [0.15, 0.2) is 6.19 Å². The van der Waals surface area contributed by atoms with E-state index in [2.05, 4.69) is 6.58 Å². The van der Waals surface area contributed by atoms with Crippen LogP contribution in [0, 0.1) is 11.5 Å². The van der Waals surface area contributed by atoms with Gasteiger partial charge in [0, 0.05) is 5.56 Å². The van der Waals surface area contributed by atoms with Gasteiger partial charge in [0.1, 0.15) is 0 Å². The fourth-order valence-corrected chi connectivity index (χ4v) is 1.97. The van der Waals surface area contributed by atoms with Crippen LogP contribution in [0.5, 0.6) is 0 Å². The highest BCUT2D eigenvalue weighted by atomic mass is 16.2. The molecule has 0 atom stereocenters. The molecule has 0 saturated heterocycles. The highest BCUT2D eigenvalue weighted by molar-refractivity contribution is 5.95. The number of amides is 1. The lowest BCUT2D eigenvalue weighted by molar-refractivity contribution is 0.0824. The first kappa shape index (κ1) is 14.5. The van der Waals surface area contributed by atoms with Gasteiger partial charge in [-0.3, -0.25) is 4.79 Å². The smallest absolute Gasteiger partial charge is 0.267 e. The number of hydrogen-bond acceptors (Lipinski definition) is 2. The second-order valence-corrected chi connectivity index (χ2v) is 4.83. The second-order valence-electron chi connectivity index (χ2n) is 4.83. The van der Waals surface area contributed by atoms with Gasteiger partial charge in [-0.1, -0.05) is 54.6 Å². The Kier molecular flexibility index (Phi) is 4.53. The van der Waals surface area contributed by atoms with Gasteiger partial charge < -0.3 is 0 Å². The topological polar surface area (TPSA) is 44.1 Å². The molecule has 0 aliphatic rings. The molecule has 2 aromatic carbocycles. The summed E-state index contributed by atoms with van der Waals surface area (Å²) in [6.07, 6.45) is 1.95. The number of benzene rings is 2. The molecule has 0 bridgehead atoms. The minimum Gasteiger partial charge on any atom is -0.268 e. The van der Waals surface area contributed by atoms with Crippen molar-refractivity contribution in [2.24, 2.45) is 0 Å². The molecule has 0 aromatic heterocycles. The molecule has 3 nitrogen and oxygen atoms in total. The van der Waals surface area contributed by atoms with Crippen LogP contribution < -0.4 is 0 Å². The van der Waals surface area contributed by atoms with E-state index < -0.39 is 0 Å². The first-order valence-electron chi connectivity index (χ1n) is 6.63. The molecule has 1 amide bonds. The molecule has 0 spiro atoms. The fraction of sp³-hybridized carbons (Fsp3) is 0.111. The normalized spacial score (nSPS) is 9.71. The van der Waals surface area contributed by atoms with E-state index in [9.17, 15) is 10.1 Å². The van der Waals surface area contributed by atoms with E-state index in [-0.39, 0.29) is 12.5 Å². The first-order chi connectivity index (χ1) is 10.1. The largest absolute Gasteiger partial charge is 0.268 e. The van der Waals surface area contributed by atoms with Crippen molar-refractivity contribution in [1.29, 1.82) is 5.26 Å². The van der Waals surface area contributed by atoms with Crippen molar-refractivity contribution >= 4 is 11.5 Å². The van der Waals surface area contributed by atoms with Gasteiger partial charge in [0.05, 0.1) is 6.54 Å². The minimum absolute atomic E-state index is 0.276. The quantitative estimate of drug-likeness (QED) is 0.629. The van der Waals surface area contributed by atoms with Crippen LogP contribution in [0.2, 0.25) is 0 Å². The van der Waals surface area contributed by atoms with Gasteiger partial charge in [0.2, 0.25) is 0 Å². The van der Waals surface area contributed by atoms with E-state index in [1.54, 1.807) is 12.1 Å². The van der Waals surface area contributed by atoms with Crippen LogP contribution in [-0.4, -0.2) is 10.8 Å². The lowest BCUT2D eigenvalue weighted by Gasteiger charge is -2.14. The van der Waals surface area contributed by atoms with Gasteiger partial charge in [0.25, 0.3) is 5.91 Å². The van der Waals surface area contributed by atoms with Crippen molar-refractivity contribution in [3.8, 4) is 6.19 Å². The molecule has 0 unspecified atom stereocenters. The Hall–Kier alpha value is -2.86. The number of allylic oxidation sites excluding steroid dienone is 1. The summed E-state index contributed by atoms with van der Waals surface area (Å²) in [6.45, 7) is 6.05. The van der Waals surface area contributed by atoms with Gasteiger partial charge >= 0.3 is 0 Å². The summed E-state index contributed by atoms with van der Waals surface area (Å²) in [5.74, 6) is -0.297. The Balaban J connectivity index is 2.17. The predicted molar refractivity (Wildman–Crippen MR) is 83.1 cm³/mol. The average molecular weight is 276 g/mol. The standard InChI is InChI=1S/C18H16N2O/c1-14(2)16-8-10-17(11-9-16)18(21)20(13-19)12-15-6-4-3-5-7-15/h3-11H,1,12H2,2H3. The highest BCUT2D eigenvalue weighted by Gasteiger charge is 2.15. The molecule has 21 heavy (non-hydrogen) atoms. The number of carbonyl (C=O) groups is 1. The van der Waals surface area contributed by atoms with E-state index in [4.69, 9.17) is 0 Å². The van der Waals surface area contributed by atoms with Crippen molar-refractivity contribution in [1.82, 2.24) is 4.90 Å². The van der Waals surface area contributed by atoms with Gasteiger partial charge in [-0.25, -0.2) is 4.90 Å². The predicted octanol–water partition coefficient (Wildman–Crippen LogP) is 3.84. The molecule has 0 aliphatic carbocycles. The maximum atomic E-state index is 12.3. The van der Waals surface area contributed by atoms with Crippen molar-refractivity contribution < 1.29 is 4.79 Å². The van der Waals surface area contributed by atoms with Crippen LogP contribution >= 0.6 is 0 Å². The van der Waals surface area contributed by atoms with E-state index >= 15 is 0 Å². The zero-order chi connectivity index (χ0) is 15.2. The Morgan fingerprint density at radius 3 is 2.19 bits per heavy atom. The molecular weight excluding hydrogens is 260 g/mol. The van der Waals surface area contributed by atoms with Crippen LogP contribution in [0.15, 0.2) is 61.2 Å². The molecule has 104 valence electrons. The third-order valence-electron chi connectivity index (χ3n) is 3.17. The molecule has 0 heterocycles. The summed E-state index contributed by atoms with van der Waals surface area (Å²) in [6, 6.07) is 16.6. The van der Waals surface area contributed by atoms with Crippen LogP contribution in [0.25, 0.3) is 5.57 Å². The van der Waals surface area contributed by atoms with E-state index in [1.807, 2.05) is 55.6 Å². The van der Waals surface area contributed by atoms with Crippen molar-refractivity contribution in [3.63, 3.8) is 0 Å². The first-order valence-corrected chi connectivity index (χ1v) is 6.63. The molecule has 0 N–H and O–H groups in total. The minimum atomic E-state index is -0.297. The molecule has 0 radical (unpaired) electrons. The monoisotopic (exact) mass is 276 g/mol. The average Bonchev–Trinajstić information content (AvgIpc) is 2.53. The van der Waals surface area contributed by atoms with Gasteiger partial charge in [-0.05, 0) is 30.2 Å². The maximum Gasteiger partial charge on any atom is 0.267 e. The Labute approximate surface area is 124 Å². The van der Waals surface area contributed by atoms with Crippen LogP contribution in [-0.2, 0) is 6.54 Å². The van der Waals surface area contributed by atoms with E-state index in [0.29, 0.717) is 5.56 Å². The summed E-state index contributed by atoms with van der Waals surface area (Å²) < 4.78 is 0. The fourth-order valence-electron chi connectivity index (χ4n) is 1.97. The van der Waals surface area contributed by atoms with Crippen molar-refractivity contribution in [2.75, 3.05) is 0 Å². The number of hydrogen-bond donors (Lipinski definition) is 0. The number of nitriles is 1. The summed E-state index contributed by atoms with van der Waals surface area (Å²) in [4.78, 5) is 13.5. The molecule has 3 heteroatoms. The maximum absolute atomic E-state index is 12.3. The summed E-state index contributed by atoms with van der Waals surface area (Å²) in [5.41, 5.74) is 3.34. The molecule has 2 aromatic rings. The van der Waals surface area contributed by atoms with Gasteiger partial charge in [-0.15, -0.1) is 0 Å². The number of nitrogens with zero attached hydrogens (tertiary/aromatic N) is 2. The Morgan fingerprint density at radius 1 is 1.10 bits per heavy atom. The van der Waals surface area contributed by atoms with Crippen molar-refractivity contribution in [2.45, 2.75) is 13.5 Å². The van der Waals surface area contributed by atoms with E-state index in [1.165, 1.54) is 0 Å². The molecule has 0 saturated carbocycles. The third kappa shape index (κ3) is 3.58. The summed E-state index contributed by atoms with van der Waals surface area (Å²) in [5, 5.41) is 9.20. The summed E-state index contributed by atoms with van der Waals surface area (Å²) >= 11 is 0. The molecule has 2 rings (SSSR count). The zero-order valence-corrected chi connectivity index (χ0v) is 11.9. The molecule has 0 fully saturated rings. The zero-order valence-electron chi connectivity index (χ0n) is 11.9. The Morgan fingerprint density at radius 2 is 1.67 bits per heavy atom. The van der Waals surface area contributed by atoms with Crippen LogP contribution in [0.4, 0.5) is 0 Å². The summed E-state index contributed by atoms with van der Waals surface area (Å²) in [7, 11) is 0. The molecular formula is C18H16N2O. The number of rotatable bonds is 4. The van der Waals surface area contributed by atoms with E-state index in [0.717, 1.165) is 21.6 Å². The highest BCUT2D eigenvalue weighted by Crippen LogP contribution is 2.14. The second kappa shape index (κ2) is 6.53. The lowest BCUT2D eigenvalue weighted by atomic mass is 10.1. The number of carbonyl (C=O) groups excluding carboxylic acids is 1. The molecule has 0 aliphatic heterocycles.